The minimum Gasteiger partial charge on any atom is -0.493 e. The monoisotopic (exact) mass is 637 g/mol. The summed E-state index contributed by atoms with van der Waals surface area (Å²) in [6, 6.07) is 14.4. The smallest absolute Gasteiger partial charge is 0.335 e. The van der Waals surface area contributed by atoms with Gasteiger partial charge in [-0.3, -0.25) is 24.5 Å². The molecule has 1 aliphatic rings. The fourth-order valence-corrected chi connectivity index (χ4v) is 4.18. The predicted molar refractivity (Wildman–Crippen MR) is 155 cm³/mol. The number of amides is 6. The Kier molecular flexibility index (Phi) is 9.17. The summed E-state index contributed by atoms with van der Waals surface area (Å²) in [4.78, 5) is 63.6. The first kappa shape index (κ1) is 29.7. The topological polar surface area (TPSA) is 165 Å². The summed E-state index contributed by atoms with van der Waals surface area (Å²) >= 11 is 3.28. The maximum absolute atomic E-state index is 12.9. The standard InChI is InChI=1S/C28H24BrN5O8/c1-40-21-12-16(13-22(41-2)23(21)42-3)24(35)31-18-8-4-15(5-9-18)25(36)33-30-14-20-26(37)32-28(39)34(27(20)38)19-10-6-17(29)7-11-19/h4-14,20H,1-3H3,(H,31,35)(H,33,36)(H,32,37,39)/b30-14-/t20-/m1/s1. The number of halogens is 1. The number of anilines is 2. The van der Waals surface area contributed by atoms with Crippen LogP contribution in [-0.2, 0) is 9.59 Å². The highest BCUT2D eigenvalue weighted by atomic mass is 79.9. The SMILES string of the molecule is COc1cc(C(=O)Nc2ccc(C(=O)N/N=C\[C@@H]3C(=O)NC(=O)N(c4ccc(Br)cc4)C3=O)cc2)cc(OC)c1OC. The predicted octanol–water partition coefficient (Wildman–Crippen LogP) is 3.34. The number of benzene rings is 3. The van der Waals surface area contributed by atoms with Crippen LogP contribution in [0.2, 0.25) is 0 Å². The fourth-order valence-electron chi connectivity index (χ4n) is 3.91. The van der Waals surface area contributed by atoms with Gasteiger partial charge in [0.2, 0.25) is 11.7 Å². The highest BCUT2D eigenvalue weighted by Crippen LogP contribution is 2.38. The van der Waals surface area contributed by atoms with Crippen LogP contribution in [0, 0.1) is 5.92 Å². The number of barbiturate groups is 1. The summed E-state index contributed by atoms with van der Waals surface area (Å²) < 4.78 is 16.6. The molecule has 1 fully saturated rings. The molecule has 3 N–H and O–H groups in total. The van der Waals surface area contributed by atoms with Crippen molar-refractivity contribution in [3.8, 4) is 17.2 Å². The van der Waals surface area contributed by atoms with Crippen molar-refractivity contribution in [1.29, 1.82) is 0 Å². The van der Waals surface area contributed by atoms with Gasteiger partial charge in [-0.1, -0.05) is 15.9 Å². The van der Waals surface area contributed by atoms with Gasteiger partial charge in [0.05, 0.1) is 27.0 Å². The van der Waals surface area contributed by atoms with Crippen molar-refractivity contribution in [3.05, 3.63) is 76.3 Å². The van der Waals surface area contributed by atoms with E-state index < -0.39 is 35.6 Å². The minimum atomic E-state index is -1.44. The first-order chi connectivity index (χ1) is 20.2. The number of urea groups is 1. The van der Waals surface area contributed by atoms with E-state index in [4.69, 9.17) is 14.2 Å². The Labute approximate surface area is 247 Å². The van der Waals surface area contributed by atoms with E-state index in [9.17, 15) is 24.0 Å². The van der Waals surface area contributed by atoms with Crippen molar-refractivity contribution in [2.45, 2.75) is 0 Å². The Hall–Kier alpha value is -5.24. The van der Waals surface area contributed by atoms with Gasteiger partial charge in [0, 0.05) is 27.5 Å². The molecule has 6 amide bonds. The van der Waals surface area contributed by atoms with Crippen LogP contribution in [0.1, 0.15) is 20.7 Å². The highest BCUT2D eigenvalue weighted by Gasteiger charge is 2.40. The second-order valence-electron chi connectivity index (χ2n) is 8.59. The van der Waals surface area contributed by atoms with Crippen molar-refractivity contribution >= 4 is 63.2 Å². The Morgan fingerprint density at radius 2 is 1.50 bits per heavy atom. The molecule has 0 bridgehead atoms. The van der Waals surface area contributed by atoms with Crippen molar-refractivity contribution in [2.24, 2.45) is 11.0 Å². The zero-order valence-electron chi connectivity index (χ0n) is 22.5. The molecule has 0 saturated carbocycles. The minimum absolute atomic E-state index is 0.184. The molecular formula is C28H24BrN5O8. The van der Waals surface area contributed by atoms with Gasteiger partial charge in [-0.15, -0.1) is 0 Å². The summed E-state index contributed by atoms with van der Waals surface area (Å²) in [7, 11) is 4.33. The van der Waals surface area contributed by atoms with Gasteiger partial charge in [-0.05, 0) is 60.7 Å². The van der Waals surface area contributed by atoms with Crippen LogP contribution < -0.4 is 35.2 Å². The summed E-state index contributed by atoms with van der Waals surface area (Å²) in [6.07, 6.45) is 0.944. The van der Waals surface area contributed by atoms with E-state index in [-0.39, 0.29) is 16.8 Å². The van der Waals surface area contributed by atoms with E-state index >= 15 is 0 Å². The average molecular weight is 638 g/mol. The molecule has 0 radical (unpaired) electrons. The third-order valence-electron chi connectivity index (χ3n) is 6.01. The van der Waals surface area contributed by atoms with Crippen molar-refractivity contribution in [3.63, 3.8) is 0 Å². The molecule has 216 valence electrons. The Balaban J connectivity index is 1.39. The molecule has 0 aliphatic carbocycles. The van der Waals surface area contributed by atoms with E-state index in [1.165, 1.54) is 69.9 Å². The third-order valence-corrected chi connectivity index (χ3v) is 6.54. The lowest BCUT2D eigenvalue weighted by molar-refractivity contribution is -0.131. The van der Waals surface area contributed by atoms with E-state index in [0.717, 1.165) is 15.6 Å². The molecule has 1 atom stereocenters. The summed E-state index contributed by atoms with van der Waals surface area (Å²) in [6.45, 7) is 0. The maximum Gasteiger partial charge on any atom is 0.335 e. The van der Waals surface area contributed by atoms with E-state index in [0.29, 0.717) is 22.9 Å². The van der Waals surface area contributed by atoms with Gasteiger partial charge < -0.3 is 19.5 Å². The van der Waals surface area contributed by atoms with E-state index in [2.05, 4.69) is 37.1 Å². The normalized spacial score (nSPS) is 14.8. The number of imide groups is 2. The molecule has 1 heterocycles. The first-order valence-electron chi connectivity index (χ1n) is 12.2. The van der Waals surface area contributed by atoms with E-state index in [1.54, 1.807) is 12.1 Å². The van der Waals surface area contributed by atoms with E-state index in [1.807, 2.05) is 0 Å². The van der Waals surface area contributed by atoms with Gasteiger partial charge in [0.1, 0.15) is 0 Å². The molecule has 3 aromatic rings. The molecule has 1 aliphatic heterocycles. The van der Waals surface area contributed by atoms with Crippen LogP contribution in [-0.4, -0.2) is 57.2 Å². The van der Waals surface area contributed by atoms with Crippen LogP contribution >= 0.6 is 15.9 Å². The Bertz CT molecular complexity index is 1550. The zero-order valence-corrected chi connectivity index (χ0v) is 24.1. The lowest BCUT2D eigenvalue weighted by atomic mass is 10.1. The number of hydrazone groups is 1. The van der Waals surface area contributed by atoms with Gasteiger partial charge in [-0.25, -0.2) is 15.1 Å². The maximum atomic E-state index is 12.9. The Morgan fingerprint density at radius 1 is 0.881 bits per heavy atom. The molecule has 0 spiro atoms. The molecule has 4 rings (SSSR count). The number of rotatable bonds is 9. The van der Waals surface area contributed by atoms with Crippen LogP contribution in [0.25, 0.3) is 0 Å². The van der Waals surface area contributed by atoms with Crippen LogP contribution in [0.4, 0.5) is 16.2 Å². The number of nitrogens with one attached hydrogen (secondary N) is 3. The lowest BCUT2D eigenvalue weighted by Crippen LogP contribution is -2.58. The molecule has 14 heteroatoms. The third kappa shape index (κ3) is 6.39. The quantitative estimate of drug-likeness (QED) is 0.183. The molecule has 13 nitrogen and oxygen atoms in total. The lowest BCUT2D eigenvalue weighted by Gasteiger charge is -2.28. The van der Waals surface area contributed by atoms with Gasteiger partial charge >= 0.3 is 6.03 Å². The van der Waals surface area contributed by atoms with Crippen LogP contribution in [0.15, 0.2) is 70.2 Å². The summed E-state index contributed by atoms with van der Waals surface area (Å²) in [5.74, 6) is -3.26. The summed E-state index contributed by atoms with van der Waals surface area (Å²) in [5.41, 5.74) is 3.34. The van der Waals surface area contributed by atoms with Crippen molar-refractivity contribution < 1.29 is 38.2 Å². The second-order valence-corrected chi connectivity index (χ2v) is 9.50. The number of methoxy groups -OCH3 is 3. The zero-order chi connectivity index (χ0) is 30.4. The number of hydrogen-bond donors (Lipinski definition) is 3. The summed E-state index contributed by atoms with van der Waals surface area (Å²) in [5, 5.41) is 8.56. The Morgan fingerprint density at radius 3 is 2.07 bits per heavy atom. The number of hydrogen-bond acceptors (Lipinski definition) is 9. The molecule has 42 heavy (non-hydrogen) atoms. The largest absolute Gasteiger partial charge is 0.493 e. The van der Waals surface area contributed by atoms with Gasteiger partial charge in [-0.2, -0.15) is 5.10 Å². The number of nitrogens with zero attached hydrogens (tertiary/aromatic N) is 2. The number of carbonyl (C=O) groups is 5. The van der Waals surface area contributed by atoms with Crippen molar-refractivity contribution in [2.75, 3.05) is 31.5 Å². The van der Waals surface area contributed by atoms with Gasteiger partial charge in [0.25, 0.3) is 17.7 Å². The second kappa shape index (κ2) is 13.0. The number of carbonyl (C=O) groups excluding carboxylic acids is 5. The number of ether oxygens (including phenoxy) is 3. The van der Waals surface area contributed by atoms with Crippen LogP contribution in [0.5, 0.6) is 17.2 Å². The molecular weight excluding hydrogens is 614 g/mol. The first-order valence-corrected chi connectivity index (χ1v) is 13.0. The molecule has 1 saturated heterocycles. The van der Waals surface area contributed by atoms with Crippen molar-refractivity contribution in [1.82, 2.24) is 10.7 Å². The fraction of sp³-hybridized carbons (Fsp3) is 0.143. The van der Waals surface area contributed by atoms with Crippen LogP contribution in [0.3, 0.4) is 0 Å². The molecule has 3 aromatic carbocycles. The molecule has 0 unspecified atom stereocenters. The molecule has 0 aromatic heterocycles. The highest BCUT2D eigenvalue weighted by molar-refractivity contribution is 9.10. The average Bonchev–Trinajstić information content (AvgIpc) is 2.99. The van der Waals surface area contributed by atoms with Gasteiger partial charge in [0.15, 0.2) is 17.4 Å².